The first kappa shape index (κ1) is 16.1. The number of nitrogens with zero attached hydrogens (tertiary/aromatic N) is 1. The summed E-state index contributed by atoms with van der Waals surface area (Å²) in [6.07, 6.45) is 2.50. The smallest absolute Gasteiger partial charge is 0.291 e. The van der Waals surface area contributed by atoms with E-state index in [0.717, 1.165) is 41.7 Å². The molecule has 0 spiro atoms. The fraction of sp³-hybridized carbons (Fsp3) is 0.389. The van der Waals surface area contributed by atoms with E-state index < -0.39 is 0 Å². The number of hydrogen-bond donors (Lipinski definition) is 1. The molecule has 23 heavy (non-hydrogen) atoms. The van der Waals surface area contributed by atoms with Gasteiger partial charge in [0.15, 0.2) is 5.76 Å². The predicted molar refractivity (Wildman–Crippen MR) is 94.0 cm³/mol. The molecule has 1 aromatic carbocycles. The molecule has 0 aliphatic carbocycles. The fourth-order valence-electron chi connectivity index (χ4n) is 2.78. The Morgan fingerprint density at radius 2 is 2.00 bits per heavy atom. The first-order valence-corrected chi connectivity index (χ1v) is 9.09. The van der Waals surface area contributed by atoms with Crippen LogP contribution in [0.15, 0.2) is 45.7 Å². The number of likely N-dealkylation sites (tertiary alicyclic amines) is 1. The molecule has 1 N–H and O–H groups in total. The molecule has 1 aromatic heterocycles. The standard InChI is InChI=1S/C18H22N2O2S/c1-2-23-17-8-4-3-7-15(17)19-18(21)16-10-9-14(22-16)13-20-11-5-6-12-20/h3-4,7-10H,2,5-6,11-13H2,1H3,(H,19,21). The largest absolute Gasteiger partial charge is 0.455 e. The zero-order chi connectivity index (χ0) is 16.1. The van der Waals surface area contributed by atoms with E-state index in [9.17, 15) is 4.79 Å². The highest BCUT2D eigenvalue weighted by molar-refractivity contribution is 7.99. The van der Waals surface area contributed by atoms with E-state index in [4.69, 9.17) is 4.42 Å². The maximum atomic E-state index is 12.4. The number of amides is 1. The number of anilines is 1. The molecular formula is C18H22N2O2S. The molecule has 122 valence electrons. The summed E-state index contributed by atoms with van der Waals surface area (Å²) in [5.74, 6) is 2.00. The van der Waals surface area contributed by atoms with Crippen LogP contribution in [0.25, 0.3) is 0 Å². The van der Waals surface area contributed by atoms with E-state index in [1.807, 2.05) is 30.3 Å². The van der Waals surface area contributed by atoms with Gasteiger partial charge in [-0.05, 0) is 55.9 Å². The van der Waals surface area contributed by atoms with Crippen LogP contribution < -0.4 is 5.32 Å². The Balaban J connectivity index is 1.65. The quantitative estimate of drug-likeness (QED) is 0.805. The van der Waals surface area contributed by atoms with E-state index in [1.165, 1.54) is 12.8 Å². The summed E-state index contributed by atoms with van der Waals surface area (Å²) in [6, 6.07) is 11.5. The van der Waals surface area contributed by atoms with Gasteiger partial charge in [0.25, 0.3) is 5.91 Å². The lowest BCUT2D eigenvalue weighted by atomic mass is 10.3. The molecule has 1 aliphatic heterocycles. The van der Waals surface area contributed by atoms with Crippen LogP contribution in [0, 0.1) is 0 Å². The van der Waals surface area contributed by atoms with Crippen LogP contribution in [0.3, 0.4) is 0 Å². The molecule has 1 fully saturated rings. The molecule has 1 aliphatic rings. The minimum Gasteiger partial charge on any atom is -0.455 e. The SMILES string of the molecule is CCSc1ccccc1NC(=O)c1ccc(CN2CCCC2)o1. The van der Waals surface area contributed by atoms with Gasteiger partial charge in [-0.15, -0.1) is 11.8 Å². The first-order valence-electron chi connectivity index (χ1n) is 8.10. The number of carbonyl (C=O) groups excluding carboxylic acids is 1. The van der Waals surface area contributed by atoms with Crippen LogP contribution in [0.5, 0.6) is 0 Å². The second kappa shape index (κ2) is 7.70. The summed E-state index contributed by atoms with van der Waals surface area (Å²) in [7, 11) is 0. The Morgan fingerprint density at radius 3 is 2.78 bits per heavy atom. The highest BCUT2D eigenvalue weighted by Gasteiger charge is 2.16. The second-order valence-electron chi connectivity index (χ2n) is 5.63. The lowest BCUT2D eigenvalue weighted by Gasteiger charge is -2.12. The van der Waals surface area contributed by atoms with Crippen molar-refractivity contribution in [2.45, 2.75) is 31.2 Å². The van der Waals surface area contributed by atoms with Gasteiger partial charge in [0.2, 0.25) is 0 Å². The Hall–Kier alpha value is -1.72. The number of furan rings is 1. The Kier molecular flexibility index (Phi) is 5.41. The van der Waals surface area contributed by atoms with Gasteiger partial charge < -0.3 is 9.73 Å². The summed E-state index contributed by atoms with van der Waals surface area (Å²) >= 11 is 1.71. The zero-order valence-electron chi connectivity index (χ0n) is 13.4. The van der Waals surface area contributed by atoms with Crippen molar-refractivity contribution >= 4 is 23.4 Å². The Morgan fingerprint density at radius 1 is 1.22 bits per heavy atom. The number of benzene rings is 1. The van der Waals surface area contributed by atoms with Gasteiger partial charge in [0, 0.05) is 4.90 Å². The third-order valence-electron chi connectivity index (χ3n) is 3.90. The average molecular weight is 330 g/mol. The van der Waals surface area contributed by atoms with E-state index >= 15 is 0 Å². The van der Waals surface area contributed by atoms with Crippen LogP contribution in [0.4, 0.5) is 5.69 Å². The van der Waals surface area contributed by atoms with Crippen LogP contribution >= 0.6 is 11.8 Å². The maximum absolute atomic E-state index is 12.4. The van der Waals surface area contributed by atoms with Gasteiger partial charge in [-0.3, -0.25) is 9.69 Å². The minimum absolute atomic E-state index is 0.193. The van der Waals surface area contributed by atoms with E-state index in [-0.39, 0.29) is 5.91 Å². The van der Waals surface area contributed by atoms with Crippen molar-refractivity contribution < 1.29 is 9.21 Å². The van der Waals surface area contributed by atoms with Crippen molar-refractivity contribution in [1.82, 2.24) is 4.90 Å². The maximum Gasteiger partial charge on any atom is 0.291 e. The summed E-state index contributed by atoms with van der Waals surface area (Å²) < 4.78 is 5.72. The van der Waals surface area contributed by atoms with Gasteiger partial charge in [0.05, 0.1) is 12.2 Å². The first-order chi connectivity index (χ1) is 11.3. The van der Waals surface area contributed by atoms with Gasteiger partial charge in [-0.1, -0.05) is 19.1 Å². The van der Waals surface area contributed by atoms with Crippen molar-refractivity contribution in [3.05, 3.63) is 47.9 Å². The van der Waals surface area contributed by atoms with Crippen molar-refractivity contribution in [3.63, 3.8) is 0 Å². The average Bonchev–Trinajstić information content (AvgIpc) is 3.22. The highest BCUT2D eigenvalue weighted by atomic mass is 32.2. The molecule has 0 unspecified atom stereocenters. The third kappa shape index (κ3) is 4.18. The van der Waals surface area contributed by atoms with Crippen LogP contribution in [-0.2, 0) is 6.54 Å². The van der Waals surface area contributed by atoms with Gasteiger partial charge in [-0.2, -0.15) is 0 Å². The molecule has 4 nitrogen and oxygen atoms in total. The predicted octanol–water partition coefficient (Wildman–Crippen LogP) is 4.24. The number of para-hydroxylation sites is 1. The Bertz CT molecular complexity index is 663. The van der Waals surface area contributed by atoms with Crippen LogP contribution in [0.2, 0.25) is 0 Å². The monoisotopic (exact) mass is 330 g/mol. The summed E-state index contributed by atoms with van der Waals surface area (Å²) in [5, 5.41) is 2.95. The molecular weight excluding hydrogens is 308 g/mol. The molecule has 2 heterocycles. The fourth-order valence-corrected chi connectivity index (χ4v) is 3.54. The second-order valence-corrected chi connectivity index (χ2v) is 6.94. The molecule has 0 atom stereocenters. The van der Waals surface area contributed by atoms with Crippen LogP contribution in [0.1, 0.15) is 36.1 Å². The zero-order valence-corrected chi connectivity index (χ0v) is 14.2. The summed E-state index contributed by atoms with van der Waals surface area (Å²) in [4.78, 5) is 15.8. The van der Waals surface area contributed by atoms with Gasteiger partial charge in [-0.25, -0.2) is 0 Å². The lowest BCUT2D eigenvalue weighted by Crippen LogP contribution is -2.18. The van der Waals surface area contributed by atoms with Crippen molar-refractivity contribution in [1.29, 1.82) is 0 Å². The van der Waals surface area contributed by atoms with E-state index in [0.29, 0.717) is 5.76 Å². The molecule has 0 saturated carbocycles. The Labute approximate surface area is 141 Å². The van der Waals surface area contributed by atoms with Crippen molar-refractivity contribution in [2.75, 3.05) is 24.2 Å². The molecule has 0 radical (unpaired) electrons. The molecule has 1 amide bonds. The minimum atomic E-state index is -0.193. The van der Waals surface area contributed by atoms with Crippen molar-refractivity contribution in [3.8, 4) is 0 Å². The number of rotatable bonds is 6. The number of nitrogens with one attached hydrogen (secondary N) is 1. The topological polar surface area (TPSA) is 45.5 Å². The molecule has 2 aromatic rings. The molecule has 3 rings (SSSR count). The number of thioether (sulfide) groups is 1. The third-order valence-corrected chi connectivity index (χ3v) is 4.85. The molecule has 5 heteroatoms. The van der Waals surface area contributed by atoms with E-state index in [1.54, 1.807) is 17.8 Å². The number of carbonyl (C=O) groups is 1. The summed E-state index contributed by atoms with van der Waals surface area (Å²) in [6.45, 7) is 5.11. The van der Waals surface area contributed by atoms with E-state index in [2.05, 4.69) is 17.1 Å². The summed E-state index contributed by atoms with van der Waals surface area (Å²) in [5.41, 5.74) is 0.835. The molecule has 0 bridgehead atoms. The number of hydrogen-bond acceptors (Lipinski definition) is 4. The van der Waals surface area contributed by atoms with Crippen LogP contribution in [-0.4, -0.2) is 29.6 Å². The lowest BCUT2D eigenvalue weighted by molar-refractivity contribution is 0.0993. The van der Waals surface area contributed by atoms with Gasteiger partial charge in [0.1, 0.15) is 5.76 Å². The normalized spacial score (nSPS) is 15.0. The highest BCUT2D eigenvalue weighted by Crippen LogP contribution is 2.27. The van der Waals surface area contributed by atoms with Crippen molar-refractivity contribution in [2.24, 2.45) is 0 Å². The molecule has 1 saturated heterocycles. The van der Waals surface area contributed by atoms with Gasteiger partial charge >= 0.3 is 0 Å².